The van der Waals surface area contributed by atoms with E-state index in [1.165, 1.54) is 11.1 Å². The van der Waals surface area contributed by atoms with E-state index in [2.05, 4.69) is 65.8 Å². The van der Waals surface area contributed by atoms with Gasteiger partial charge in [-0.05, 0) is 23.6 Å². The van der Waals surface area contributed by atoms with Crippen molar-refractivity contribution >= 4 is 6.21 Å². The van der Waals surface area contributed by atoms with E-state index in [0.717, 1.165) is 17.6 Å². The monoisotopic (exact) mass is 315 g/mol. The number of nitrogens with one attached hydrogen (secondary N) is 1. The lowest BCUT2D eigenvalue weighted by Gasteiger charge is -2.25. The van der Waals surface area contributed by atoms with Gasteiger partial charge in [-0.15, -0.1) is 0 Å². The van der Waals surface area contributed by atoms with Crippen LogP contribution in [0.5, 0.6) is 0 Å². The predicted molar refractivity (Wildman–Crippen MR) is 98.1 cm³/mol. The standard InChI is InChI=1S/C21H21N3/c1-16-7-5-10-18(13-16)21(17-8-3-2-4-9-17)24-20(14-22)19-11-6-12-23-15-19/h2-5,7-13,20-21,24H,6,15H2,1H3. The number of aryl methyl sites for hydroxylation is 1. The van der Waals surface area contributed by atoms with Gasteiger partial charge in [0.1, 0.15) is 6.04 Å². The molecule has 1 aliphatic heterocycles. The molecule has 0 spiro atoms. The number of aliphatic imine (C=N–C) groups is 1. The van der Waals surface area contributed by atoms with Gasteiger partial charge in [0.2, 0.25) is 0 Å². The number of nitrogens with zero attached hydrogens (tertiary/aromatic N) is 2. The molecule has 2 aromatic rings. The van der Waals surface area contributed by atoms with Gasteiger partial charge < -0.3 is 0 Å². The van der Waals surface area contributed by atoms with Crippen molar-refractivity contribution in [1.82, 2.24) is 5.32 Å². The Bertz CT molecular complexity index is 784. The number of allylic oxidation sites excluding steroid dienone is 1. The molecule has 3 rings (SSSR count). The summed E-state index contributed by atoms with van der Waals surface area (Å²) < 4.78 is 0. The molecule has 2 aromatic carbocycles. The summed E-state index contributed by atoms with van der Waals surface area (Å²) in [5, 5.41) is 13.2. The lowest BCUT2D eigenvalue weighted by atomic mass is 9.95. The highest BCUT2D eigenvalue weighted by Gasteiger charge is 2.21. The zero-order valence-electron chi connectivity index (χ0n) is 13.8. The highest BCUT2D eigenvalue weighted by Crippen LogP contribution is 2.24. The molecule has 2 atom stereocenters. The number of hydrogen-bond acceptors (Lipinski definition) is 3. The van der Waals surface area contributed by atoms with Crippen LogP contribution in [0.3, 0.4) is 0 Å². The van der Waals surface area contributed by atoms with Crippen molar-refractivity contribution in [3.63, 3.8) is 0 Å². The summed E-state index contributed by atoms with van der Waals surface area (Å²) in [4.78, 5) is 4.31. The van der Waals surface area contributed by atoms with E-state index < -0.39 is 0 Å². The third-order valence-corrected chi connectivity index (χ3v) is 4.23. The van der Waals surface area contributed by atoms with Crippen LogP contribution < -0.4 is 5.32 Å². The maximum absolute atomic E-state index is 9.67. The van der Waals surface area contributed by atoms with Gasteiger partial charge in [-0.25, -0.2) is 0 Å². The molecule has 1 aliphatic rings. The van der Waals surface area contributed by atoms with Crippen LogP contribution in [0.4, 0.5) is 0 Å². The molecule has 0 bridgehead atoms. The highest BCUT2D eigenvalue weighted by molar-refractivity contribution is 5.62. The fourth-order valence-electron chi connectivity index (χ4n) is 3.00. The quantitative estimate of drug-likeness (QED) is 0.849. The molecule has 120 valence electrons. The van der Waals surface area contributed by atoms with E-state index >= 15 is 0 Å². The molecule has 0 radical (unpaired) electrons. The number of hydrogen-bond donors (Lipinski definition) is 1. The highest BCUT2D eigenvalue weighted by atomic mass is 15.0. The zero-order chi connectivity index (χ0) is 16.8. The normalized spacial score (nSPS) is 16.1. The molecule has 0 saturated carbocycles. The van der Waals surface area contributed by atoms with Gasteiger partial charge in [-0.2, -0.15) is 5.26 Å². The van der Waals surface area contributed by atoms with Gasteiger partial charge in [0, 0.05) is 12.6 Å². The lowest BCUT2D eigenvalue weighted by molar-refractivity contribution is 0.576. The first kappa shape index (κ1) is 16.2. The summed E-state index contributed by atoms with van der Waals surface area (Å²) >= 11 is 0. The first-order valence-corrected chi connectivity index (χ1v) is 8.22. The summed E-state index contributed by atoms with van der Waals surface area (Å²) in [6.45, 7) is 2.69. The number of nitriles is 1. The van der Waals surface area contributed by atoms with E-state index in [1.807, 2.05) is 24.4 Å². The van der Waals surface area contributed by atoms with Crippen LogP contribution in [0.1, 0.15) is 29.2 Å². The van der Waals surface area contributed by atoms with Crippen LogP contribution in [0.15, 0.2) is 71.2 Å². The van der Waals surface area contributed by atoms with Crippen LogP contribution >= 0.6 is 0 Å². The molecule has 0 saturated heterocycles. The second-order valence-electron chi connectivity index (χ2n) is 6.02. The Hall–Kier alpha value is -2.70. The smallest absolute Gasteiger partial charge is 0.119 e. The van der Waals surface area contributed by atoms with Crippen molar-refractivity contribution in [2.75, 3.05) is 6.54 Å². The molecule has 0 aliphatic carbocycles. The maximum atomic E-state index is 9.67. The summed E-state index contributed by atoms with van der Waals surface area (Å²) in [6, 6.07) is 20.7. The Labute approximate surface area is 143 Å². The van der Waals surface area contributed by atoms with Crippen LogP contribution in [0.25, 0.3) is 0 Å². The van der Waals surface area contributed by atoms with E-state index in [-0.39, 0.29) is 12.1 Å². The van der Waals surface area contributed by atoms with Crippen molar-refractivity contribution in [1.29, 1.82) is 5.26 Å². The third-order valence-electron chi connectivity index (χ3n) is 4.23. The Balaban J connectivity index is 1.93. The average molecular weight is 315 g/mol. The van der Waals surface area contributed by atoms with Gasteiger partial charge >= 0.3 is 0 Å². The van der Waals surface area contributed by atoms with Crippen molar-refractivity contribution in [2.24, 2.45) is 4.99 Å². The minimum Gasteiger partial charge on any atom is -0.293 e. The van der Waals surface area contributed by atoms with Crippen molar-refractivity contribution in [3.8, 4) is 6.07 Å². The first-order chi connectivity index (χ1) is 11.8. The number of benzene rings is 2. The van der Waals surface area contributed by atoms with E-state index in [1.54, 1.807) is 0 Å². The second kappa shape index (κ2) is 7.72. The summed E-state index contributed by atoms with van der Waals surface area (Å²) in [5.74, 6) is 0. The summed E-state index contributed by atoms with van der Waals surface area (Å²) in [6.07, 6.45) is 4.80. The summed E-state index contributed by atoms with van der Waals surface area (Å²) in [7, 11) is 0. The molecular weight excluding hydrogens is 294 g/mol. The molecular formula is C21H21N3. The Kier molecular flexibility index (Phi) is 5.20. The average Bonchev–Trinajstić information content (AvgIpc) is 2.64. The van der Waals surface area contributed by atoms with Gasteiger partial charge in [0.05, 0.1) is 18.7 Å². The largest absolute Gasteiger partial charge is 0.293 e. The second-order valence-corrected chi connectivity index (χ2v) is 6.02. The molecule has 24 heavy (non-hydrogen) atoms. The van der Waals surface area contributed by atoms with Crippen LogP contribution in [-0.4, -0.2) is 18.8 Å². The molecule has 1 N–H and O–H groups in total. The van der Waals surface area contributed by atoms with E-state index in [9.17, 15) is 5.26 Å². The predicted octanol–water partition coefficient (Wildman–Crippen LogP) is 3.97. The van der Waals surface area contributed by atoms with Crippen molar-refractivity contribution in [2.45, 2.75) is 25.4 Å². The SMILES string of the molecule is Cc1cccc(C(NC(C#N)C2=CCC=NC2)c2ccccc2)c1. The number of rotatable bonds is 5. The van der Waals surface area contributed by atoms with Crippen LogP contribution in [0, 0.1) is 18.3 Å². The Morgan fingerprint density at radius 1 is 1.08 bits per heavy atom. The molecule has 0 aromatic heterocycles. The van der Waals surface area contributed by atoms with Gasteiger partial charge in [0.25, 0.3) is 0 Å². The van der Waals surface area contributed by atoms with Crippen LogP contribution in [-0.2, 0) is 0 Å². The minimum atomic E-state index is -0.340. The number of dihydropyridines is 1. The minimum absolute atomic E-state index is 0.0254. The van der Waals surface area contributed by atoms with Crippen molar-refractivity contribution in [3.05, 3.63) is 82.9 Å². The maximum Gasteiger partial charge on any atom is 0.119 e. The fourth-order valence-corrected chi connectivity index (χ4v) is 3.00. The molecule has 0 fully saturated rings. The Morgan fingerprint density at radius 2 is 1.88 bits per heavy atom. The van der Waals surface area contributed by atoms with Gasteiger partial charge in [0.15, 0.2) is 0 Å². The lowest BCUT2D eigenvalue weighted by Crippen LogP contribution is -2.35. The summed E-state index contributed by atoms with van der Waals surface area (Å²) in [5.41, 5.74) is 4.59. The molecule has 3 heteroatoms. The molecule has 3 nitrogen and oxygen atoms in total. The first-order valence-electron chi connectivity index (χ1n) is 8.22. The molecule has 2 unspecified atom stereocenters. The van der Waals surface area contributed by atoms with Crippen molar-refractivity contribution < 1.29 is 0 Å². The van der Waals surface area contributed by atoms with Gasteiger partial charge in [-0.1, -0.05) is 66.2 Å². The molecule has 1 heterocycles. The Morgan fingerprint density at radius 3 is 2.54 bits per heavy atom. The topological polar surface area (TPSA) is 48.2 Å². The van der Waals surface area contributed by atoms with Gasteiger partial charge in [-0.3, -0.25) is 10.3 Å². The van der Waals surface area contributed by atoms with Crippen LogP contribution in [0.2, 0.25) is 0 Å². The molecule has 0 amide bonds. The van der Waals surface area contributed by atoms with E-state index in [4.69, 9.17) is 0 Å². The zero-order valence-corrected chi connectivity index (χ0v) is 13.8. The third kappa shape index (κ3) is 3.79. The fraction of sp³-hybridized carbons (Fsp3) is 0.238. The van der Waals surface area contributed by atoms with E-state index in [0.29, 0.717) is 6.54 Å².